The monoisotopic (exact) mass is 233 g/mol. The molecule has 1 heterocycles. The van der Waals surface area contributed by atoms with E-state index in [0.717, 1.165) is 25.7 Å². The molecule has 0 aromatic carbocycles. The van der Waals surface area contributed by atoms with Crippen molar-refractivity contribution in [2.45, 2.75) is 37.8 Å². The number of nitrogen functional groups attached to an aromatic ring is 1. The van der Waals surface area contributed by atoms with E-state index in [-0.39, 0.29) is 23.5 Å². The molecule has 0 saturated heterocycles. The molecule has 0 bridgehead atoms. The fourth-order valence-corrected chi connectivity index (χ4v) is 2.32. The van der Waals surface area contributed by atoms with Gasteiger partial charge in [0.05, 0.1) is 0 Å². The highest BCUT2D eigenvalue weighted by Crippen LogP contribution is 2.31. The van der Waals surface area contributed by atoms with Crippen LogP contribution >= 0.6 is 0 Å². The van der Waals surface area contributed by atoms with Gasteiger partial charge in [-0.25, -0.2) is 6.57 Å². The van der Waals surface area contributed by atoms with E-state index in [2.05, 4.69) is 9.94 Å². The maximum absolute atomic E-state index is 11.1. The first-order valence-electron chi connectivity index (χ1n) is 5.64. The first-order chi connectivity index (χ1) is 8.13. The normalized spacial score (nSPS) is 24.2. The van der Waals surface area contributed by atoms with Crippen LogP contribution in [0.15, 0.2) is 6.20 Å². The summed E-state index contributed by atoms with van der Waals surface area (Å²) in [7, 11) is 0. The van der Waals surface area contributed by atoms with Crippen molar-refractivity contribution in [2.24, 2.45) is 5.73 Å². The minimum Gasteiger partial charge on any atom is -0.382 e. The van der Waals surface area contributed by atoms with Crippen LogP contribution in [-0.2, 0) is 0 Å². The number of hydrogen-bond acceptors (Lipinski definition) is 3. The summed E-state index contributed by atoms with van der Waals surface area (Å²) >= 11 is 0. The third kappa shape index (κ3) is 2.09. The lowest BCUT2D eigenvalue weighted by atomic mass is 9.91. The Balaban J connectivity index is 2.30. The summed E-state index contributed by atoms with van der Waals surface area (Å²) < 4.78 is 1.64. The Morgan fingerprint density at radius 1 is 1.53 bits per heavy atom. The number of nitrogens with two attached hydrogens (primary N) is 2. The van der Waals surface area contributed by atoms with Crippen molar-refractivity contribution in [1.82, 2.24) is 9.78 Å². The molecule has 0 aliphatic heterocycles. The molecule has 1 saturated carbocycles. The van der Waals surface area contributed by atoms with Crippen molar-refractivity contribution in [3.05, 3.63) is 23.2 Å². The SMILES string of the molecule is [C-]#[N+][C@H]1CCCCC1n1cc(C(N)=O)c(N)n1. The molecule has 2 atom stereocenters. The van der Waals surface area contributed by atoms with Crippen LogP contribution in [0.5, 0.6) is 0 Å². The van der Waals surface area contributed by atoms with Gasteiger partial charge < -0.3 is 16.3 Å². The van der Waals surface area contributed by atoms with Gasteiger partial charge in [-0.2, -0.15) is 5.10 Å². The lowest BCUT2D eigenvalue weighted by Gasteiger charge is -2.23. The zero-order chi connectivity index (χ0) is 12.4. The minimum absolute atomic E-state index is 0.0108. The van der Waals surface area contributed by atoms with E-state index in [1.54, 1.807) is 10.9 Å². The molecule has 1 amide bonds. The molecule has 1 aromatic heterocycles. The smallest absolute Gasteiger partial charge is 0.254 e. The van der Waals surface area contributed by atoms with Crippen molar-refractivity contribution in [1.29, 1.82) is 0 Å². The Bertz CT molecular complexity index is 473. The Morgan fingerprint density at radius 2 is 2.24 bits per heavy atom. The van der Waals surface area contributed by atoms with Crippen molar-refractivity contribution in [2.75, 3.05) is 5.73 Å². The zero-order valence-corrected chi connectivity index (χ0v) is 9.47. The van der Waals surface area contributed by atoms with Gasteiger partial charge in [-0.05, 0) is 12.8 Å². The van der Waals surface area contributed by atoms with Gasteiger partial charge in [0.2, 0.25) is 6.04 Å². The third-order valence-electron chi connectivity index (χ3n) is 3.23. The Kier molecular flexibility index (Phi) is 3.00. The number of hydrogen-bond donors (Lipinski definition) is 2. The van der Waals surface area contributed by atoms with Crippen molar-refractivity contribution < 1.29 is 4.79 Å². The van der Waals surface area contributed by atoms with Crippen LogP contribution in [0.2, 0.25) is 0 Å². The lowest BCUT2D eigenvalue weighted by molar-refractivity contribution is 0.100. The number of carbonyl (C=O) groups excluding carboxylic acids is 1. The number of amides is 1. The maximum Gasteiger partial charge on any atom is 0.254 e. The van der Waals surface area contributed by atoms with E-state index >= 15 is 0 Å². The molecule has 1 fully saturated rings. The number of carbonyl (C=O) groups is 1. The van der Waals surface area contributed by atoms with Crippen molar-refractivity contribution in [3.8, 4) is 0 Å². The van der Waals surface area contributed by atoms with Gasteiger partial charge in [0, 0.05) is 12.6 Å². The zero-order valence-electron chi connectivity index (χ0n) is 9.47. The summed E-state index contributed by atoms with van der Waals surface area (Å²) in [6, 6.07) is -0.0690. The van der Waals surface area contributed by atoms with E-state index in [1.807, 2.05) is 0 Å². The molecule has 1 aromatic rings. The summed E-state index contributed by atoms with van der Waals surface area (Å²) in [5.41, 5.74) is 11.1. The number of nitrogens with zero attached hydrogens (tertiary/aromatic N) is 3. The largest absolute Gasteiger partial charge is 0.382 e. The fourth-order valence-electron chi connectivity index (χ4n) is 2.32. The molecule has 1 aliphatic rings. The minimum atomic E-state index is -0.580. The Labute approximate surface area is 99.4 Å². The van der Waals surface area contributed by atoms with Crippen LogP contribution in [0.25, 0.3) is 4.85 Å². The predicted octanol–water partition coefficient (Wildman–Crippen LogP) is 0.967. The Hall–Kier alpha value is -2.03. The first kappa shape index (κ1) is 11.5. The van der Waals surface area contributed by atoms with Crippen LogP contribution in [0.3, 0.4) is 0 Å². The number of anilines is 1. The molecule has 1 aliphatic carbocycles. The predicted molar refractivity (Wildman–Crippen MR) is 63.1 cm³/mol. The van der Waals surface area contributed by atoms with Crippen LogP contribution in [0.4, 0.5) is 5.82 Å². The summed E-state index contributed by atoms with van der Waals surface area (Å²) in [6.45, 7) is 7.18. The summed E-state index contributed by atoms with van der Waals surface area (Å²) in [5.74, 6) is -0.435. The van der Waals surface area contributed by atoms with Gasteiger partial charge in [-0.3, -0.25) is 9.48 Å². The van der Waals surface area contributed by atoms with Gasteiger partial charge in [0.1, 0.15) is 11.6 Å². The molecular weight excluding hydrogens is 218 g/mol. The van der Waals surface area contributed by atoms with E-state index in [4.69, 9.17) is 18.0 Å². The molecule has 90 valence electrons. The summed E-state index contributed by atoms with van der Waals surface area (Å²) in [6.07, 6.45) is 5.48. The van der Waals surface area contributed by atoms with Gasteiger partial charge in [-0.1, -0.05) is 6.42 Å². The highest BCUT2D eigenvalue weighted by molar-refractivity contribution is 5.96. The topological polar surface area (TPSA) is 91.3 Å². The van der Waals surface area contributed by atoms with E-state index in [1.165, 1.54) is 0 Å². The summed E-state index contributed by atoms with van der Waals surface area (Å²) in [4.78, 5) is 14.7. The second-order valence-electron chi connectivity index (χ2n) is 4.32. The highest BCUT2D eigenvalue weighted by Gasteiger charge is 2.32. The van der Waals surface area contributed by atoms with Gasteiger partial charge >= 0.3 is 0 Å². The molecular formula is C11H15N5O. The summed E-state index contributed by atoms with van der Waals surface area (Å²) in [5, 5.41) is 4.10. The molecule has 0 spiro atoms. The Morgan fingerprint density at radius 3 is 2.82 bits per heavy atom. The number of rotatable bonds is 2. The second kappa shape index (κ2) is 4.45. The molecule has 1 unspecified atom stereocenters. The van der Waals surface area contributed by atoms with Crippen LogP contribution in [0, 0.1) is 6.57 Å². The lowest BCUT2D eigenvalue weighted by Crippen LogP contribution is -2.25. The second-order valence-corrected chi connectivity index (χ2v) is 4.32. The third-order valence-corrected chi connectivity index (χ3v) is 3.23. The molecule has 6 heteroatoms. The van der Waals surface area contributed by atoms with Gasteiger partial charge in [0.25, 0.3) is 5.91 Å². The van der Waals surface area contributed by atoms with Crippen molar-refractivity contribution >= 4 is 11.7 Å². The van der Waals surface area contributed by atoms with Crippen LogP contribution in [-0.4, -0.2) is 21.7 Å². The van der Waals surface area contributed by atoms with E-state index in [9.17, 15) is 4.79 Å². The highest BCUT2D eigenvalue weighted by atomic mass is 16.1. The van der Waals surface area contributed by atoms with Gasteiger partial charge in [0.15, 0.2) is 5.82 Å². The standard InChI is InChI=1S/C11H15N5O/c1-14-8-4-2-3-5-9(8)16-6-7(11(13)17)10(12)15-16/h6,8-9H,2-5H2,(H2,12,15)(H2,13,17)/t8-,9?/m0/s1. The average Bonchev–Trinajstić information content (AvgIpc) is 2.71. The molecule has 17 heavy (non-hydrogen) atoms. The van der Waals surface area contributed by atoms with E-state index < -0.39 is 5.91 Å². The van der Waals surface area contributed by atoms with E-state index in [0.29, 0.717) is 0 Å². The first-order valence-corrected chi connectivity index (χ1v) is 5.64. The maximum atomic E-state index is 11.1. The molecule has 4 N–H and O–H groups in total. The number of primary amides is 1. The van der Waals surface area contributed by atoms with Gasteiger partial charge in [-0.15, -0.1) is 0 Å². The average molecular weight is 233 g/mol. The van der Waals surface area contributed by atoms with Crippen LogP contribution < -0.4 is 11.5 Å². The molecule has 0 radical (unpaired) electrons. The quantitative estimate of drug-likeness (QED) is 0.745. The number of aromatic nitrogens is 2. The molecule has 6 nitrogen and oxygen atoms in total. The van der Waals surface area contributed by atoms with Crippen LogP contribution in [0.1, 0.15) is 42.1 Å². The molecule has 2 rings (SSSR count). The fraction of sp³-hybridized carbons (Fsp3) is 0.545. The van der Waals surface area contributed by atoms with Crippen molar-refractivity contribution in [3.63, 3.8) is 0 Å².